The highest BCUT2D eigenvalue weighted by molar-refractivity contribution is 8.03. The van der Waals surface area contributed by atoms with E-state index in [1.54, 1.807) is 16.8 Å². The molecule has 5 heteroatoms. The molecule has 2 N–H and O–H groups in total. The molecule has 4 nitrogen and oxygen atoms in total. The second-order valence-corrected chi connectivity index (χ2v) is 6.54. The van der Waals surface area contributed by atoms with Crippen molar-refractivity contribution in [1.82, 2.24) is 15.8 Å². The molecule has 1 saturated heterocycles. The van der Waals surface area contributed by atoms with Gasteiger partial charge in [-0.2, -0.15) is 0 Å². The largest absolute Gasteiger partial charge is 0.354 e. The van der Waals surface area contributed by atoms with Crippen LogP contribution >= 0.6 is 11.8 Å². The highest BCUT2D eigenvalue weighted by Crippen LogP contribution is 2.33. The van der Waals surface area contributed by atoms with E-state index in [2.05, 4.69) is 40.4 Å². The lowest BCUT2D eigenvalue weighted by molar-refractivity contribution is -0.130. The van der Waals surface area contributed by atoms with Crippen molar-refractivity contribution >= 4 is 23.4 Å². The number of nitrogens with one attached hydrogen (secondary N) is 2. The van der Waals surface area contributed by atoms with Crippen LogP contribution in [0.15, 0.2) is 66.1 Å². The average molecular weight is 323 g/mol. The van der Waals surface area contributed by atoms with Gasteiger partial charge in [-0.25, -0.2) is 10.4 Å². The van der Waals surface area contributed by atoms with Gasteiger partial charge in [0.15, 0.2) is 5.50 Å². The molecular formula is C18H17N3OS. The second-order valence-electron chi connectivity index (χ2n) is 5.59. The third-order valence-electron chi connectivity index (χ3n) is 4.06. The molecule has 2 aliphatic heterocycles. The molecule has 2 aromatic carbocycles. The van der Waals surface area contributed by atoms with E-state index in [-0.39, 0.29) is 17.4 Å². The van der Waals surface area contributed by atoms with E-state index in [4.69, 9.17) is 0 Å². The zero-order valence-electron chi connectivity index (χ0n) is 12.5. The lowest BCUT2D eigenvalue weighted by atomic mass is 10.1. The van der Waals surface area contributed by atoms with Crippen molar-refractivity contribution in [3.05, 3.63) is 77.2 Å². The van der Waals surface area contributed by atoms with Crippen LogP contribution in [-0.2, 0) is 4.79 Å². The quantitative estimate of drug-likeness (QED) is 0.911. The van der Waals surface area contributed by atoms with Crippen LogP contribution in [0.3, 0.4) is 0 Å². The normalized spacial score (nSPS) is 23.7. The van der Waals surface area contributed by atoms with Crippen LogP contribution in [0.25, 0.3) is 5.70 Å². The maximum atomic E-state index is 12.4. The maximum absolute atomic E-state index is 12.4. The molecule has 23 heavy (non-hydrogen) atoms. The van der Waals surface area contributed by atoms with Crippen molar-refractivity contribution in [1.29, 1.82) is 0 Å². The minimum Gasteiger partial charge on any atom is -0.354 e. The first-order chi connectivity index (χ1) is 11.3. The number of carbonyl (C=O) groups is 1. The fourth-order valence-electron chi connectivity index (χ4n) is 2.86. The lowest BCUT2D eigenvalue weighted by Gasteiger charge is -2.25. The van der Waals surface area contributed by atoms with Gasteiger partial charge in [0.25, 0.3) is 0 Å². The van der Waals surface area contributed by atoms with Gasteiger partial charge in [0, 0.05) is 6.42 Å². The molecule has 0 aliphatic carbocycles. The van der Waals surface area contributed by atoms with Gasteiger partial charge in [0.05, 0.1) is 11.7 Å². The SMILES string of the molecule is O=C1CC(c2ccccc2)NN1C1NC(c2ccccc2)=CS1. The van der Waals surface area contributed by atoms with Gasteiger partial charge < -0.3 is 5.32 Å². The summed E-state index contributed by atoms with van der Waals surface area (Å²) in [7, 11) is 0. The van der Waals surface area contributed by atoms with Gasteiger partial charge in [-0.3, -0.25) is 4.79 Å². The van der Waals surface area contributed by atoms with Crippen LogP contribution in [0.5, 0.6) is 0 Å². The van der Waals surface area contributed by atoms with Crippen LogP contribution in [0.4, 0.5) is 0 Å². The Morgan fingerprint density at radius 3 is 2.43 bits per heavy atom. The molecule has 116 valence electrons. The molecule has 0 saturated carbocycles. The average Bonchev–Trinajstić information content (AvgIpc) is 3.23. The molecule has 4 rings (SSSR count). The third-order valence-corrected chi connectivity index (χ3v) is 5.02. The van der Waals surface area contributed by atoms with E-state index in [1.165, 1.54) is 0 Å². The highest BCUT2D eigenvalue weighted by Gasteiger charge is 2.36. The molecule has 2 aromatic rings. The van der Waals surface area contributed by atoms with Gasteiger partial charge in [-0.15, -0.1) is 0 Å². The first-order valence-corrected chi connectivity index (χ1v) is 8.56. The Labute approximate surface area is 139 Å². The standard InChI is InChI=1S/C18H17N3OS/c22-17-11-15(13-7-3-1-4-8-13)20-21(17)18-19-16(12-23-18)14-9-5-2-6-10-14/h1-10,12,15,18-20H,11H2. The van der Waals surface area contributed by atoms with Crippen LogP contribution in [-0.4, -0.2) is 16.4 Å². The van der Waals surface area contributed by atoms with E-state index >= 15 is 0 Å². The molecule has 0 radical (unpaired) electrons. The lowest BCUT2D eigenvalue weighted by Crippen LogP contribution is -2.47. The van der Waals surface area contributed by atoms with Crippen LogP contribution in [0, 0.1) is 0 Å². The Kier molecular flexibility index (Phi) is 3.81. The van der Waals surface area contributed by atoms with Crippen molar-refractivity contribution in [2.45, 2.75) is 18.0 Å². The van der Waals surface area contributed by atoms with E-state index in [9.17, 15) is 4.79 Å². The summed E-state index contributed by atoms with van der Waals surface area (Å²) in [5, 5.41) is 7.21. The summed E-state index contributed by atoms with van der Waals surface area (Å²) in [4.78, 5) is 12.4. The monoisotopic (exact) mass is 323 g/mol. The molecular weight excluding hydrogens is 306 g/mol. The fraction of sp³-hybridized carbons (Fsp3) is 0.167. The molecule has 1 fully saturated rings. The Bertz CT molecular complexity index is 732. The Hall–Kier alpha value is -2.24. The predicted molar refractivity (Wildman–Crippen MR) is 92.7 cm³/mol. The molecule has 2 aliphatic rings. The number of thioether (sulfide) groups is 1. The minimum atomic E-state index is -0.105. The summed E-state index contributed by atoms with van der Waals surface area (Å²) in [6, 6.07) is 20.3. The number of carbonyl (C=O) groups excluding carboxylic acids is 1. The molecule has 0 spiro atoms. The van der Waals surface area contributed by atoms with Gasteiger partial charge >= 0.3 is 0 Å². The molecule has 1 amide bonds. The number of amides is 1. The topological polar surface area (TPSA) is 44.4 Å². The predicted octanol–water partition coefficient (Wildman–Crippen LogP) is 3.08. The van der Waals surface area contributed by atoms with Crippen LogP contribution in [0.1, 0.15) is 23.6 Å². The zero-order valence-corrected chi connectivity index (χ0v) is 13.3. The van der Waals surface area contributed by atoms with Gasteiger partial charge in [0.1, 0.15) is 0 Å². The van der Waals surface area contributed by atoms with E-state index in [0.717, 1.165) is 16.8 Å². The summed E-state index contributed by atoms with van der Waals surface area (Å²) >= 11 is 1.61. The first-order valence-electron chi connectivity index (χ1n) is 7.62. The smallest absolute Gasteiger partial charge is 0.241 e. The summed E-state index contributed by atoms with van der Waals surface area (Å²) in [6.07, 6.45) is 0.490. The van der Waals surface area contributed by atoms with Gasteiger partial charge in [0.2, 0.25) is 5.91 Å². The molecule has 2 heterocycles. The molecule has 0 bridgehead atoms. The summed E-state index contributed by atoms with van der Waals surface area (Å²) < 4.78 is 0. The van der Waals surface area contributed by atoms with Crippen molar-refractivity contribution in [3.63, 3.8) is 0 Å². The Balaban J connectivity index is 1.45. The summed E-state index contributed by atoms with van der Waals surface area (Å²) in [5.41, 5.74) is 6.56. The number of benzene rings is 2. The van der Waals surface area contributed by atoms with Crippen molar-refractivity contribution in [3.8, 4) is 0 Å². The maximum Gasteiger partial charge on any atom is 0.241 e. The first kappa shape index (κ1) is 14.4. The molecule has 2 atom stereocenters. The van der Waals surface area contributed by atoms with E-state index < -0.39 is 0 Å². The van der Waals surface area contributed by atoms with Gasteiger partial charge in [-0.1, -0.05) is 72.4 Å². The Morgan fingerprint density at radius 2 is 1.70 bits per heavy atom. The zero-order chi connectivity index (χ0) is 15.6. The Morgan fingerprint density at radius 1 is 1.00 bits per heavy atom. The third kappa shape index (κ3) is 2.85. The second kappa shape index (κ2) is 6.10. The molecule has 0 aromatic heterocycles. The number of hydrogen-bond acceptors (Lipinski definition) is 4. The molecule has 2 unspecified atom stereocenters. The van der Waals surface area contributed by atoms with E-state index in [0.29, 0.717) is 6.42 Å². The van der Waals surface area contributed by atoms with Crippen molar-refractivity contribution in [2.24, 2.45) is 0 Å². The van der Waals surface area contributed by atoms with Gasteiger partial charge in [-0.05, 0) is 16.5 Å². The van der Waals surface area contributed by atoms with Crippen LogP contribution in [0.2, 0.25) is 0 Å². The highest BCUT2D eigenvalue weighted by atomic mass is 32.2. The minimum absolute atomic E-state index is 0.0480. The summed E-state index contributed by atoms with van der Waals surface area (Å²) in [5.74, 6) is 0.117. The van der Waals surface area contributed by atoms with E-state index in [1.807, 2.05) is 36.4 Å². The number of hydrazine groups is 1. The van der Waals surface area contributed by atoms with Crippen LogP contribution < -0.4 is 10.7 Å². The summed E-state index contributed by atoms with van der Waals surface area (Å²) in [6.45, 7) is 0. The van der Waals surface area contributed by atoms with Crippen molar-refractivity contribution < 1.29 is 4.79 Å². The number of nitrogens with zero attached hydrogens (tertiary/aromatic N) is 1. The number of hydrogen-bond donors (Lipinski definition) is 2. The van der Waals surface area contributed by atoms with Crippen molar-refractivity contribution in [2.75, 3.05) is 0 Å². The fourth-order valence-corrected chi connectivity index (χ4v) is 3.83. The number of rotatable bonds is 3.